The second kappa shape index (κ2) is 5.46. The van der Waals surface area contributed by atoms with Crippen molar-refractivity contribution in [2.75, 3.05) is 25.5 Å². The number of hydrogen-bond donors (Lipinski definition) is 2. The zero-order valence-corrected chi connectivity index (χ0v) is 9.23. The van der Waals surface area contributed by atoms with Crippen molar-refractivity contribution in [2.45, 2.75) is 24.5 Å². The zero-order valence-electron chi connectivity index (χ0n) is 8.41. The van der Waals surface area contributed by atoms with Gasteiger partial charge in [-0.25, -0.2) is 4.79 Å². The Morgan fingerprint density at radius 1 is 1.71 bits per heavy atom. The number of carbonyl (C=O) groups is 1. The summed E-state index contributed by atoms with van der Waals surface area (Å²) in [5.41, 5.74) is 0. The van der Waals surface area contributed by atoms with Crippen LogP contribution in [0.1, 0.15) is 19.8 Å². The minimum atomic E-state index is -0.437. The monoisotopic (exact) mass is 219 g/mol. The maximum absolute atomic E-state index is 11.0. The molecule has 1 fully saturated rings. The summed E-state index contributed by atoms with van der Waals surface area (Å²) in [5.74, 6) is 1.17. The first kappa shape index (κ1) is 11.7. The lowest BCUT2D eigenvalue weighted by Crippen LogP contribution is -2.37. The zero-order chi connectivity index (χ0) is 10.4. The van der Waals surface area contributed by atoms with Gasteiger partial charge in [-0.3, -0.25) is 0 Å². The van der Waals surface area contributed by atoms with Gasteiger partial charge in [-0.15, -0.1) is 0 Å². The quantitative estimate of drug-likeness (QED) is 0.740. The van der Waals surface area contributed by atoms with E-state index in [2.05, 4.69) is 17.0 Å². The molecule has 1 rings (SSSR count). The van der Waals surface area contributed by atoms with Gasteiger partial charge in [-0.1, -0.05) is 0 Å². The largest absolute Gasteiger partial charge is 0.447 e. The molecule has 0 aromatic rings. The summed E-state index contributed by atoms with van der Waals surface area (Å²) in [4.78, 5) is 11.0. The van der Waals surface area contributed by atoms with E-state index >= 15 is 0 Å². The van der Waals surface area contributed by atoms with Gasteiger partial charge in [0.1, 0.15) is 6.61 Å². The number of aliphatic hydroxyl groups excluding tert-OH is 1. The smallest absolute Gasteiger partial charge is 0.407 e. The van der Waals surface area contributed by atoms with Gasteiger partial charge in [-0.2, -0.15) is 11.8 Å². The number of thioether (sulfide) groups is 1. The first-order valence-corrected chi connectivity index (χ1v) is 5.80. The summed E-state index contributed by atoms with van der Waals surface area (Å²) >= 11 is 1.89. The van der Waals surface area contributed by atoms with Gasteiger partial charge in [0.15, 0.2) is 0 Å². The number of amides is 1. The van der Waals surface area contributed by atoms with Gasteiger partial charge >= 0.3 is 6.09 Å². The number of hydrogen-bond acceptors (Lipinski definition) is 4. The molecule has 1 saturated heterocycles. The van der Waals surface area contributed by atoms with Crippen LogP contribution in [0.5, 0.6) is 0 Å². The molecular weight excluding hydrogens is 202 g/mol. The van der Waals surface area contributed by atoms with E-state index in [-0.39, 0.29) is 18.0 Å². The molecule has 1 atom stereocenters. The van der Waals surface area contributed by atoms with Gasteiger partial charge in [0.2, 0.25) is 0 Å². The highest BCUT2D eigenvalue weighted by atomic mass is 32.2. The van der Waals surface area contributed by atoms with E-state index < -0.39 is 6.09 Å². The minimum absolute atomic E-state index is 0.0652. The second-order valence-corrected chi connectivity index (χ2v) is 5.30. The highest BCUT2D eigenvalue weighted by Gasteiger charge is 2.29. The molecule has 1 aliphatic heterocycles. The average Bonchev–Trinajstić information content (AvgIpc) is 2.60. The summed E-state index contributed by atoms with van der Waals surface area (Å²) in [5, 5.41) is 11.1. The summed E-state index contributed by atoms with van der Waals surface area (Å²) in [6.07, 6.45) is 1.92. The van der Waals surface area contributed by atoms with Crippen molar-refractivity contribution in [1.29, 1.82) is 0 Å². The van der Waals surface area contributed by atoms with E-state index in [0.29, 0.717) is 6.54 Å². The molecule has 0 aromatic heterocycles. The predicted molar refractivity (Wildman–Crippen MR) is 56.5 cm³/mol. The van der Waals surface area contributed by atoms with Gasteiger partial charge < -0.3 is 15.2 Å². The molecule has 1 unspecified atom stereocenters. The van der Waals surface area contributed by atoms with E-state index in [1.165, 1.54) is 12.2 Å². The maximum Gasteiger partial charge on any atom is 0.407 e. The molecule has 0 aliphatic carbocycles. The summed E-state index contributed by atoms with van der Waals surface area (Å²) in [6.45, 7) is 2.73. The lowest BCUT2D eigenvalue weighted by atomic mass is 10.1. The number of nitrogens with one attached hydrogen (secondary N) is 1. The lowest BCUT2D eigenvalue weighted by Gasteiger charge is -2.22. The van der Waals surface area contributed by atoms with Gasteiger partial charge in [0.05, 0.1) is 6.61 Å². The maximum atomic E-state index is 11.0. The molecule has 1 amide bonds. The summed E-state index contributed by atoms with van der Waals surface area (Å²) in [6, 6.07) is 0. The molecule has 0 bridgehead atoms. The third kappa shape index (κ3) is 3.75. The Balaban J connectivity index is 2.15. The van der Waals surface area contributed by atoms with Crippen molar-refractivity contribution < 1.29 is 14.6 Å². The SMILES string of the molecule is CC1(CNC(=O)OCCO)CCCS1. The van der Waals surface area contributed by atoms with Crippen LogP contribution in [0, 0.1) is 0 Å². The van der Waals surface area contributed by atoms with Crippen molar-refractivity contribution in [3.05, 3.63) is 0 Å². The molecule has 1 heterocycles. The molecule has 2 N–H and O–H groups in total. The van der Waals surface area contributed by atoms with Crippen molar-refractivity contribution in [3.63, 3.8) is 0 Å². The fourth-order valence-electron chi connectivity index (χ4n) is 1.42. The number of aliphatic hydroxyl groups is 1. The van der Waals surface area contributed by atoms with Crippen LogP contribution in [-0.4, -0.2) is 41.5 Å². The first-order chi connectivity index (χ1) is 6.66. The van der Waals surface area contributed by atoms with Crippen LogP contribution in [0.3, 0.4) is 0 Å². The molecular formula is C9H17NO3S. The number of carbonyl (C=O) groups excluding carboxylic acids is 1. The molecule has 0 spiro atoms. The molecule has 5 heteroatoms. The highest BCUT2D eigenvalue weighted by molar-refractivity contribution is 8.00. The topological polar surface area (TPSA) is 58.6 Å². The van der Waals surface area contributed by atoms with Gasteiger partial charge in [0, 0.05) is 11.3 Å². The standard InChI is InChI=1S/C9H17NO3S/c1-9(3-2-6-14-9)7-10-8(12)13-5-4-11/h11H,2-7H2,1H3,(H,10,12). The average molecular weight is 219 g/mol. The van der Waals surface area contributed by atoms with Crippen LogP contribution >= 0.6 is 11.8 Å². The molecule has 0 radical (unpaired) electrons. The van der Waals surface area contributed by atoms with Crippen LogP contribution in [-0.2, 0) is 4.74 Å². The normalized spacial score (nSPS) is 26.1. The first-order valence-electron chi connectivity index (χ1n) is 4.82. The second-order valence-electron chi connectivity index (χ2n) is 3.62. The number of rotatable bonds is 4. The van der Waals surface area contributed by atoms with Crippen molar-refractivity contribution >= 4 is 17.9 Å². The van der Waals surface area contributed by atoms with E-state index in [9.17, 15) is 4.79 Å². The van der Waals surface area contributed by atoms with Crippen LogP contribution in [0.15, 0.2) is 0 Å². The van der Waals surface area contributed by atoms with Crippen molar-refractivity contribution in [3.8, 4) is 0 Å². The Bertz CT molecular complexity index is 192. The molecule has 82 valence electrons. The van der Waals surface area contributed by atoms with Crippen LogP contribution in [0.2, 0.25) is 0 Å². The Morgan fingerprint density at radius 3 is 3.07 bits per heavy atom. The fraction of sp³-hybridized carbons (Fsp3) is 0.889. The summed E-state index contributed by atoms with van der Waals surface area (Å²) in [7, 11) is 0. The Kier molecular flexibility index (Phi) is 4.54. The fourth-order valence-corrected chi connectivity index (χ4v) is 2.67. The van der Waals surface area contributed by atoms with E-state index in [1.54, 1.807) is 0 Å². The Labute approximate surface area is 88.4 Å². The Morgan fingerprint density at radius 2 is 2.50 bits per heavy atom. The van der Waals surface area contributed by atoms with Crippen LogP contribution in [0.4, 0.5) is 4.79 Å². The van der Waals surface area contributed by atoms with E-state index in [1.807, 2.05) is 11.8 Å². The third-order valence-corrected chi connectivity index (χ3v) is 3.77. The molecule has 0 saturated carbocycles. The third-order valence-electron chi connectivity index (χ3n) is 2.23. The van der Waals surface area contributed by atoms with Gasteiger partial charge in [0.25, 0.3) is 0 Å². The highest BCUT2D eigenvalue weighted by Crippen LogP contribution is 2.36. The molecule has 1 aliphatic rings. The molecule has 0 aromatic carbocycles. The Hall–Kier alpha value is -0.420. The predicted octanol–water partition coefficient (Wildman–Crippen LogP) is 0.991. The van der Waals surface area contributed by atoms with Crippen LogP contribution in [0.25, 0.3) is 0 Å². The number of alkyl carbamates (subject to hydrolysis) is 1. The van der Waals surface area contributed by atoms with E-state index in [0.717, 1.165) is 6.42 Å². The van der Waals surface area contributed by atoms with Crippen molar-refractivity contribution in [2.24, 2.45) is 0 Å². The number of ether oxygens (including phenoxy) is 1. The van der Waals surface area contributed by atoms with E-state index in [4.69, 9.17) is 5.11 Å². The van der Waals surface area contributed by atoms with Crippen molar-refractivity contribution in [1.82, 2.24) is 5.32 Å². The van der Waals surface area contributed by atoms with Gasteiger partial charge in [-0.05, 0) is 25.5 Å². The molecule has 14 heavy (non-hydrogen) atoms. The lowest BCUT2D eigenvalue weighted by molar-refractivity contribution is 0.118. The molecule has 4 nitrogen and oxygen atoms in total. The van der Waals surface area contributed by atoms with Crippen LogP contribution < -0.4 is 5.32 Å². The minimum Gasteiger partial charge on any atom is -0.447 e. The summed E-state index contributed by atoms with van der Waals surface area (Å²) < 4.78 is 4.85.